The Morgan fingerprint density at radius 3 is 2.63 bits per heavy atom. The number of benzene rings is 1. The van der Waals surface area contributed by atoms with E-state index in [4.69, 9.17) is 0 Å². The molecule has 1 aromatic carbocycles. The number of carboxylic acid groups (broad SMARTS) is 1. The molecule has 2 aromatic rings. The summed E-state index contributed by atoms with van der Waals surface area (Å²) >= 11 is 3.41. The van der Waals surface area contributed by atoms with Gasteiger partial charge in [0.05, 0.1) is 0 Å². The summed E-state index contributed by atoms with van der Waals surface area (Å²) in [7, 11) is 0. The lowest BCUT2D eigenvalue weighted by Crippen LogP contribution is -2.37. The Morgan fingerprint density at radius 1 is 1.37 bits per heavy atom. The normalized spacial score (nSPS) is 11.6. The van der Waals surface area contributed by atoms with E-state index >= 15 is 0 Å². The molecule has 7 heteroatoms. The zero-order valence-corrected chi connectivity index (χ0v) is 12.3. The zero-order chi connectivity index (χ0) is 14.2. The number of carboxylic acids is 1. The number of aryl methyl sites for hydroxylation is 1. The summed E-state index contributed by atoms with van der Waals surface area (Å²) < 4.78 is 2.21. The highest BCUT2D eigenvalue weighted by Crippen LogP contribution is 2.26. The van der Waals surface area contributed by atoms with Crippen LogP contribution in [-0.2, 0) is 10.3 Å². The van der Waals surface area contributed by atoms with Gasteiger partial charge in [-0.05, 0) is 55.0 Å². The van der Waals surface area contributed by atoms with E-state index in [1.165, 1.54) is 4.68 Å². The molecule has 6 nitrogen and oxygen atoms in total. The van der Waals surface area contributed by atoms with Crippen LogP contribution in [0.4, 0.5) is 0 Å². The molecule has 0 saturated carbocycles. The summed E-state index contributed by atoms with van der Waals surface area (Å²) in [4.78, 5) is 11.3. The molecule has 1 aromatic heterocycles. The standard InChI is InChI=1S/C12H13BrN4O2/c1-7-4-8(6-9(13)5-7)10-14-15-16-17(10)12(2,3)11(18)19/h4-6H,1-3H3,(H,18,19). The van der Waals surface area contributed by atoms with Gasteiger partial charge >= 0.3 is 5.97 Å². The molecule has 19 heavy (non-hydrogen) atoms. The van der Waals surface area contributed by atoms with E-state index in [2.05, 4.69) is 31.5 Å². The van der Waals surface area contributed by atoms with Crippen molar-refractivity contribution >= 4 is 21.9 Å². The molecule has 0 aliphatic rings. The quantitative estimate of drug-likeness (QED) is 0.936. The fourth-order valence-electron chi connectivity index (χ4n) is 1.70. The van der Waals surface area contributed by atoms with Gasteiger partial charge < -0.3 is 5.11 Å². The average Bonchev–Trinajstić information content (AvgIpc) is 2.76. The summed E-state index contributed by atoms with van der Waals surface area (Å²) in [6.07, 6.45) is 0. The van der Waals surface area contributed by atoms with Crippen molar-refractivity contribution in [1.82, 2.24) is 20.2 Å². The van der Waals surface area contributed by atoms with Gasteiger partial charge in [0.1, 0.15) is 0 Å². The Hall–Kier alpha value is -1.76. The molecule has 1 heterocycles. The van der Waals surface area contributed by atoms with Crippen molar-refractivity contribution in [2.75, 3.05) is 0 Å². The third kappa shape index (κ3) is 2.51. The van der Waals surface area contributed by atoms with Crippen LogP contribution in [0.15, 0.2) is 22.7 Å². The number of rotatable bonds is 3. The minimum absolute atomic E-state index is 0.428. The van der Waals surface area contributed by atoms with Crippen LogP contribution in [0.1, 0.15) is 19.4 Å². The van der Waals surface area contributed by atoms with Crippen LogP contribution in [0.5, 0.6) is 0 Å². The molecule has 0 bridgehead atoms. The minimum atomic E-state index is -1.21. The fraction of sp³-hybridized carbons (Fsp3) is 0.333. The molecule has 0 aliphatic carbocycles. The summed E-state index contributed by atoms with van der Waals surface area (Å²) in [6, 6.07) is 5.72. The first-order chi connectivity index (χ1) is 8.82. The molecule has 0 saturated heterocycles. The molecule has 0 aliphatic heterocycles. The number of hydrogen-bond donors (Lipinski definition) is 1. The van der Waals surface area contributed by atoms with Gasteiger partial charge in [0.2, 0.25) is 0 Å². The SMILES string of the molecule is Cc1cc(Br)cc(-c2nnnn2C(C)(C)C(=O)O)c1. The first kappa shape index (κ1) is 13.7. The number of halogens is 1. The maximum absolute atomic E-state index is 11.3. The van der Waals surface area contributed by atoms with Crippen LogP contribution in [-0.4, -0.2) is 31.3 Å². The zero-order valence-electron chi connectivity index (χ0n) is 10.8. The average molecular weight is 325 g/mol. The summed E-state index contributed by atoms with van der Waals surface area (Å²) in [5.41, 5.74) is 0.591. The molecular weight excluding hydrogens is 312 g/mol. The third-order valence-corrected chi connectivity index (χ3v) is 3.28. The largest absolute Gasteiger partial charge is 0.479 e. The molecular formula is C12H13BrN4O2. The van der Waals surface area contributed by atoms with Crippen molar-refractivity contribution in [3.63, 3.8) is 0 Å². The van der Waals surface area contributed by atoms with E-state index in [9.17, 15) is 9.90 Å². The topological polar surface area (TPSA) is 80.9 Å². The highest BCUT2D eigenvalue weighted by atomic mass is 79.9. The monoisotopic (exact) mass is 324 g/mol. The molecule has 1 N–H and O–H groups in total. The number of hydrogen-bond acceptors (Lipinski definition) is 4. The predicted octanol–water partition coefficient (Wildman–Crippen LogP) is 2.23. The molecule has 0 atom stereocenters. The van der Waals surface area contributed by atoms with Crippen molar-refractivity contribution in [2.24, 2.45) is 0 Å². The number of carbonyl (C=O) groups is 1. The first-order valence-corrected chi connectivity index (χ1v) is 6.41. The van der Waals surface area contributed by atoms with Gasteiger partial charge in [0.25, 0.3) is 0 Å². The summed E-state index contributed by atoms with van der Waals surface area (Å²) in [6.45, 7) is 5.06. The number of tetrazole rings is 1. The molecule has 0 radical (unpaired) electrons. The van der Waals surface area contributed by atoms with Crippen LogP contribution in [0.25, 0.3) is 11.4 Å². The van der Waals surface area contributed by atoms with Crippen LogP contribution in [0.2, 0.25) is 0 Å². The second-order valence-corrected chi connectivity index (χ2v) is 5.71. The van der Waals surface area contributed by atoms with Crippen molar-refractivity contribution in [3.05, 3.63) is 28.2 Å². The molecule has 0 spiro atoms. The van der Waals surface area contributed by atoms with Crippen molar-refractivity contribution in [2.45, 2.75) is 26.3 Å². The highest BCUT2D eigenvalue weighted by Gasteiger charge is 2.33. The Balaban J connectivity index is 2.59. The van der Waals surface area contributed by atoms with E-state index in [0.717, 1.165) is 15.6 Å². The van der Waals surface area contributed by atoms with Gasteiger partial charge in [-0.25, -0.2) is 9.48 Å². The first-order valence-electron chi connectivity index (χ1n) is 5.62. The smallest absolute Gasteiger partial charge is 0.331 e. The van der Waals surface area contributed by atoms with E-state index in [-0.39, 0.29) is 0 Å². The lowest BCUT2D eigenvalue weighted by atomic mass is 10.1. The second kappa shape index (κ2) is 4.73. The Labute approximate surface area is 118 Å². The molecule has 0 fully saturated rings. The maximum Gasteiger partial charge on any atom is 0.331 e. The maximum atomic E-state index is 11.3. The minimum Gasteiger partial charge on any atom is -0.479 e. The molecule has 0 unspecified atom stereocenters. The van der Waals surface area contributed by atoms with Crippen LogP contribution in [0.3, 0.4) is 0 Å². The number of nitrogens with zero attached hydrogens (tertiary/aromatic N) is 4. The van der Waals surface area contributed by atoms with Crippen LogP contribution < -0.4 is 0 Å². The fourth-order valence-corrected chi connectivity index (χ4v) is 2.31. The van der Waals surface area contributed by atoms with Gasteiger partial charge in [-0.2, -0.15) is 0 Å². The van der Waals surface area contributed by atoms with Gasteiger partial charge in [0.15, 0.2) is 11.4 Å². The lowest BCUT2D eigenvalue weighted by molar-refractivity contribution is -0.146. The summed E-state index contributed by atoms with van der Waals surface area (Å²) in [5.74, 6) is -0.565. The van der Waals surface area contributed by atoms with E-state index < -0.39 is 11.5 Å². The third-order valence-electron chi connectivity index (χ3n) is 2.82. The number of aromatic nitrogens is 4. The van der Waals surface area contributed by atoms with Gasteiger partial charge in [-0.3, -0.25) is 0 Å². The van der Waals surface area contributed by atoms with Gasteiger partial charge in [-0.15, -0.1) is 5.10 Å². The van der Waals surface area contributed by atoms with E-state index in [0.29, 0.717) is 5.82 Å². The van der Waals surface area contributed by atoms with Crippen LogP contribution >= 0.6 is 15.9 Å². The molecule has 0 amide bonds. The van der Waals surface area contributed by atoms with E-state index in [1.807, 2.05) is 25.1 Å². The Kier molecular flexibility index (Phi) is 3.40. The predicted molar refractivity (Wildman–Crippen MR) is 72.6 cm³/mol. The second-order valence-electron chi connectivity index (χ2n) is 4.80. The lowest BCUT2D eigenvalue weighted by Gasteiger charge is -2.20. The van der Waals surface area contributed by atoms with Gasteiger partial charge in [-0.1, -0.05) is 15.9 Å². The van der Waals surface area contributed by atoms with Crippen molar-refractivity contribution < 1.29 is 9.90 Å². The highest BCUT2D eigenvalue weighted by molar-refractivity contribution is 9.10. The van der Waals surface area contributed by atoms with Crippen molar-refractivity contribution in [3.8, 4) is 11.4 Å². The Morgan fingerprint density at radius 2 is 2.05 bits per heavy atom. The van der Waals surface area contributed by atoms with Crippen molar-refractivity contribution in [1.29, 1.82) is 0 Å². The molecule has 2 rings (SSSR count). The summed E-state index contributed by atoms with van der Waals surface area (Å²) in [5, 5.41) is 20.6. The Bertz CT molecular complexity index is 616. The molecule has 100 valence electrons. The number of aliphatic carboxylic acids is 1. The van der Waals surface area contributed by atoms with Crippen LogP contribution in [0, 0.1) is 6.92 Å². The van der Waals surface area contributed by atoms with Gasteiger partial charge in [0, 0.05) is 10.0 Å². The van der Waals surface area contributed by atoms with E-state index in [1.54, 1.807) is 13.8 Å².